The van der Waals surface area contributed by atoms with Crippen LogP contribution in [0, 0.1) is 28.1 Å². The Bertz CT molecular complexity index is 1780. The first-order valence-corrected chi connectivity index (χ1v) is 23.3. The Morgan fingerprint density at radius 2 is 1.21 bits per heavy atom. The van der Waals surface area contributed by atoms with Gasteiger partial charge in [0.2, 0.25) is 6.29 Å². The maximum absolute atomic E-state index is 14.2. The molecule has 20 unspecified atom stereocenters. The van der Waals surface area contributed by atoms with E-state index in [1.807, 2.05) is 6.92 Å². The van der Waals surface area contributed by atoms with Crippen LogP contribution < -0.4 is 0 Å². The number of aliphatic hydroxyl groups is 12. The number of rotatable bonds is 12. The third-order valence-electron chi connectivity index (χ3n) is 17.2. The highest BCUT2D eigenvalue weighted by atomic mass is 16.8. The van der Waals surface area contributed by atoms with Crippen molar-refractivity contribution in [2.24, 2.45) is 28.1 Å². The number of epoxide rings is 1. The Kier molecular flexibility index (Phi) is 13.6. The van der Waals surface area contributed by atoms with Gasteiger partial charge in [0.25, 0.3) is 0 Å². The molecule has 5 aliphatic heterocycles. The van der Waals surface area contributed by atoms with Crippen LogP contribution in [-0.2, 0) is 47.4 Å². The molecule has 9 fully saturated rings. The minimum absolute atomic E-state index is 0.0852. The van der Waals surface area contributed by atoms with Crippen LogP contribution in [0.2, 0.25) is 0 Å². The summed E-state index contributed by atoms with van der Waals surface area (Å²) in [5.74, 6) is -0.671. The van der Waals surface area contributed by atoms with Crippen LogP contribution in [0.15, 0.2) is 12.2 Å². The summed E-state index contributed by atoms with van der Waals surface area (Å²) in [5.41, 5.74) is -1.99. The fourth-order valence-electron chi connectivity index (χ4n) is 13.7. The van der Waals surface area contributed by atoms with E-state index in [4.69, 9.17) is 42.6 Å². The van der Waals surface area contributed by atoms with Crippen LogP contribution in [0.25, 0.3) is 0 Å². The fraction of sp³-hybridized carbons (Fsp3) is 0.932. The SMILES string of the molecule is C=C1C[C@@]23CC[C@H]4[C@@](C)(CCC[C@@]4(C)C(=O)OC4OC(CO)C(O)C(O)C4O)[C@@H]2CC[C@]1(OC1OC(CO)C(O)C(O)C1OC1OC(COC2OC(CO)C4OC4C2O)C(O)C(O)C1O)C3. The molecular weight excluding hydrogens is 880 g/mol. The van der Waals surface area contributed by atoms with Gasteiger partial charge in [-0.05, 0) is 86.5 Å². The summed E-state index contributed by atoms with van der Waals surface area (Å²) in [7, 11) is 0. The molecule has 22 heteroatoms. The Morgan fingerprint density at radius 1 is 0.621 bits per heavy atom. The standard InChI is InChI=1S/C44H68O22/c1-17-11-43-9-5-22-41(2,7-4-8-42(22,3)40(57)65-38-31(55)27(51)24(48)18(12-45)59-38)23(43)6-10-44(17,16-43)66-39-35(29(53)25(49)19(13-46)60-39)64-37-30(54)28(52)26(50)21(62-37)15-58-36-32(56)34-33(63-34)20(14-47)61-36/h18-39,45-56H,1,4-16H2,2-3H3/t18?,19?,20?,21?,22-,23-,24?,25?,26?,27?,28?,29?,30?,31?,32?,33?,34?,35?,36?,37?,38?,39?,41+,42+,43+,44-/m0/s1. The molecule has 66 heavy (non-hydrogen) atoms. The van der Waals surface area contributed by atoms with Crippen molar-refractivity contribution in [1.82, 2.24) is 0 Å². The van der Waals surface area contributed by atoms with Gasteiger partial charge in [-0.2, -0.15) is 0 Å². The monoisotopic (exact) mass is 948 g/mol. The molecule has 9 aliphatic rings. The van der Waals surface area contributed by atoms with Gasteiger partial charge in [-0.1, -0.05) is 19.9 Å². The van der Waals surface area contributed by atoms with Gasteiger partial charge in [0, 0.05) is 0 Å². The maximum atomic E-state index is 14.2. The Hall–Kier alpha value is -1.59. The van der Waals surface area contributed by atoms with E-state index >= 15 is 0 Å². The topological polar surface area (TPSA) is 346 Å². The molecule has 26 atom stereocenters. The molecule has 0 radical (unpaired) electrons. The van der Waals surface area contributed by atoms with Crippen molar-refractivity contribution in [1.29, 1.82) is 0 Å². The predicted octanol–water partition coefficient (Wildman–Crippen LogP) is -4.07. The molecule has 0 aromatic rings. The molecule has 4 saturated carbocycles. The summed E-state index contributed by atoms with van der Waals surface area (Å²) >= 11 is 0. The zero-order valence-corrected chi connectivity index (χ0v) is 37.1. The largest absolute Gasteiger partial charge is 0.432 e. The van der Waals surface area contributed by atoms with Crippen molar-refractivity contribution < 1.29 is 109 Å². The van der Waals surface area contributed by atoms with Crippen LogP contribution >= 0.6 is 0 Å². The smallest absolute Gasteiger partial charge is 0.314 e. The third kappa shape index (κ3) is 8.01. The molecule has 4 aliphatic carbocycles. The van der Waals surface area contributed by atoms with Crippen molar-refractivity contribution in [3.8, 4) is 0 Å². The first-order valence-electron chi connectivity index (χ1n) is 23.3. The van der Waals surface area contributed by atoms with E-state index in [-0.39, 0.29) is 22.7 Å². The van der Waals surface area contributed by atoms with Crippen molar-refractivity contribution >= 4 is 5.97 Å². The average Bonchev–Trinajstić information content (AvgIpc) is 4.07. The van der Waals surface area contributed by atoms with Gasteiger partial charge >= 0.3 is 5.97 Å². The van der Waals surface area contributed by atoms with Crippen molar-refractivity contribution in [3.63, 3.8) is 0 Å². The number of ether oxygens (including phenoxy) is 9. The summed E-state index contributed by atoms with van der Waals surface area (Å²) in [5, 5.41) is 127. The maximum Gasteiger partial charge on any atom is 0.314 e. The molecule has 376 valence electrons. The second-order valence-corrected chi connectivity index (χ2v) is 20.9. The van der Waals surface area contributed by atoms with E-state index in [9.17, 15) is 66.1 Å². The van der Waals surface area contributed by atoms with Crippen LogP contribution in [0.5, 0.6) is 0 Å². The quantitative estimate of drug-likeness (QED) is 0.0383. The first-order chi connectivity index (χ1) is 31.3. The lowest BCUT2D eigenvalue weighted by atomic mass is 9.41. The molecule has 22 nitrogen and oxygen atoms in total. The number of aliphatic hydroxyl groups excluding tert-OH is 12. The van der Waals surface area contributed by atoms with Gasteiger partial charge in [0.1, 0.15) is 97.7 Å². The fourth-order valence-corrected chi connectivity index (χ4v) is 13.7. The van der Waals surface area contributed by atoms with E-state index in [2.05, 4.69) is 13.5 Å². The van der Waals surface area contributed by atoms with E-state index in [1.54, 1.807) is 0 Å². The van der Waals surface area contributed by atoms with Crippen LogP contribution in [0.3, 0.4) is 0 Å². The molecule has 12 N–H and O–H groups in total. The van der Waals surface area contributed by atoms with Crippen LogP contribution in [0.4, 0.5) is 0 Å². The van der Waals surface area contributed by atoms with Crippen molar-refractivity contribution in [2.75, 3.05) is 26.4 Å². The average molecular weight is 949 g/mol. The summed E-state index contributed by atoms with van der Waals surface area (Å²) in [4.78, 5) is 14.2. The zero-order chi connectivity index (χ0) is 47.4. The Labute approximate surface area is 380 Å². The lowest BCUT2D eigenvalue weighted by molar-refractivity contribution is -0.380. The zero-order valence-electron chi connectivity index (χ0n) is 37.1. The highest BCUT2D eigenvalue weighted by Crippen LogP contribution is 2.73. The normalized spacial score (nSPS) is 55.6. The highest BCUT2D eigenvalue weighted by molar-refractivity contribution is 5.77. The van der Waals surface area contributed by atoms with E-state index in [1.165, 1.54) is 0 Å². The molecule has 5 saturated heterocycles. The molecule has 9 rings (SSSR count). The summed E-state index contributed by atoms with van der Waals surface area (Å²) in [6.45, 7) is 6.31. The number of hydrogen-bond donors (Lipinski definition) is 12. The Morgan fingerprint density at radius 3 is 1.89 bits per heavy atom. The number of carbonyl (C=O) groups is 1. The van der Waals surface area contributed by atoms with Crippen LogP contribution in [-0.4, -0.2) is 222 Å². The van der Waals surface area contributed by atoms with Crippen molar-refractivity contribution in [2.45, 2.75) is 200 Å². The molecule has 0 amide bonds. The summed E-state index contributed by atoms with van der Waals surface area (Å²) in [6, 6.07) is 0. The lowest BCUT2D eigenvalue weighted by Crippen LogP contribution is -2.66. The number of esters is 1. The van der Waals surface area contributed by atoms with Gasteiger partial charge in [-0.15, -0.1) is 0 Å². The minimum Gasteiger partial charge on any atom is -0.432 e. The van der Waals surface area contributed by atoms with Gasteiger partial charge in [-0.25, -0.2) is 0 Å². The predicted molar refractivity (Wildman–Crippen MR) is 216 cm³/mol. The highest BCUT2D eigenvalue weighted by Gasteiger charge is 2.69. The molecule has 0 aromatic carbocycles. The second kappa shape index (κ2) is 18.2. The summed E-state index contributed by atoms with van der Waals surface area (Å²) in [6.07, 6.45) is -23.3. The number of carbonyl (C=O) groups excluding carboxylic acids is 1. The Balaban J connectivity index is 0.903. The molecular formula is C44H68O22. The first kappa shape index (κ1) is 49.4. The number of fused-ring (bicyclic) bond motifs is 4. The van der Waals surface area contributed by atoms with Gasteiger partial charge in [0.05, 0.1) is 37.4 Å². The molecule has 1 spiro atoms. The third-order valence-corrected chi connectivity index (χ3v) is 17.2. The summed E-state index contributed by atoms with van der Waals surface area (Å²) < 4.78 is 53.1. The van der Waals surface area contributed by atoms with Crippen LogP contribution in [0.1, 0.15) is 71.6 Å². The van der Waals surface area contributed by atoms with E-state index in [0.29, 0.717) is 51.4 Å². The minimum atomic E-state index is -1.89. The van der Waals surface area contributed by atoms with Gasteiger partial charge < -0.3 is 104 Å². The second-order valence-electron chi connectivity index (χ2n) is 20.9. The van der Waals surface area contributed by atoms with E-state index in [0.717, 1.165) is 12.0 Å². The number of hydrogen-bond acceptors (Lipinski definition) is 22. The van der Waals surface area contributed by atoms with E-state index < -0.39 is 166 Å². The molecule has 0 aromatic heterocycles. The van der Waals surface area contributed by atoms with Gasteiger partial charge in [-0.3, -0.25) is 4.79 Å². The lowest BCUT2D eigenvalue weighted by Gasteiger charge is -2.64. The van der Waals surface area contributed by atoms with Gasteiger partial charge in [0.15, 0.2) is 18.9 Å². The molecule has 5 heterocycles. The molecule has 2 bridgehead atoms. The van der Waals surface area contributed by atoms with Crippen molar-refractivity contribution in [3.05, 3.63) is 12.2 Å².